The fraction of sp³-hybridized carbons (Fsp3) is 0.333. The zero-order valence-electron chi connectivity index (χ0n) is 20.4. The van der Waals surface area contributed by atoms with Crippen molar-refractivity contribution >= 4 is 28.7 Å². The highest BCUT2D eigenvalue weighted by Crippen LogP contribution is 2.29. The third-order valence-electron chi connectivity index (χ3n) is 6.85. The summed E-state index contributed by atoms with van der Waals surface area (Å²) in [6.07, 6.45) is 8.16. The van der Waals surface area contributed by atoms with Gasteiger partial charge in [-0.15, -0.1) is 5.10 Å². The van der Waals surface area contributed by atoms with Crippen molar-refractivity contribution in [3.8, 4) is 0 Å². The van der Waals surface area contributed by atoms with Crippen LogP contribution < -0.4 is 16.0 Å². The summed E-state index contributed by atoms with van der Waals surface area (Å²) in [6, 6.07) is 14.6. The van der Waals surface area contributed by atoms with Gasteiger partial charge in [-0.05, 0) is 37.3 Å². The third kappa shape index (κ3) is 5.39. The van der Waals surface area contributed by atoms with E-state index in [1.165, 1.54) is 28.5 Å². The van der Waals surface area contributed by atoms with Crippen molar-refractivity contribution < 1.29 is 9.18 Å². The van der Waals surface area contributed by atoms with Crippen LogP contribution in [0.2, 0.25) is 0 Å². The molecule has 0 bridgehead atoms. The van der Waals surface area contributed by atoms with Gasteiger partial charge in [0.25, 0.3) is 5.91 Å². The van der Waals surface area contributed by atoms with Gasteiger partial charge in [0.05, 0.1) is 23.8 Å². The number of imidazole rings is 1. The Bertz CT molecular complexity index is 1400. The van der Waals surface area contributed by atoms with E-state index in [9.17, 15) is 9.18 Å². The molecular weight excluding hydrogens is 471 g/mol. The lowest BCUT2D eigenvalue weighted by Crippen LogP contribution is -2.38. The fourth-order valence-electron chi connectivity index (χ4n) is 4.70. The van der Waals surface area contributed by atoms with Crippen molar-refractivity contribution in [1.82, 2.24) is 24.5 Å². The molecule has 9 nitrogen and oxygen atoms in total. The second-order valence-electron chi connectivity index (χ2n) is 9.73. The average molecular weight is 501 g/mol. The molecule has 2 aliphatic rings. The first-order valence-electron chi connectivity index (χ1n) is 12.7. The van der Waals surface area contributed by atoms with Gasteiger partial charge in [-0.25, -0.2) is 13.9 Å². The quantitative estimate of drug-likeness (QED) is 0.334. The number of carbonyl (C=O) groups is 1. The number of fused-ring (bicyclic) bond motifs is 1. The number of hydrogen-bond acceptors (Lipinski definition) is 7. The van der Waals surface area contributed by atoms with Crippen molar-refractivity contribution in [2.24, 2.45) is 0 Å². The van der Waals surface area contributed by atoms with Gasteiger partial charge >= 0.3 is 0 Å². The number of benzene rings is 1. The van der Waals surface area contributed by atoms with Gasteiger partial charge in [-0.3, -0.25) is 14.7 Å². The molecular formula is C27H29FN8O. The van der Waals surface area contributed by atoms with Crippen LogP contribution in [0, 0.1) is 5.82 Å². The Kier molecular flexibility index (Phi) is 6.40. The molecule has 1 amide bonds. The zero-order valence-corrected chi connectivity index (χ0v) is 20.4. The standard InChI is InChI=1S/C27H29FN8O/c28-21-15-29-11-8-22(21)33-27(37)24-16-30-26-23(31-19-6-7-19)14-25(34-36(24)26)32-20-9-12-35(13-10-20)17-18-4-2-1-3-5-18/h1-5,8,11,14-16,19-20,31H,6-7,9-10,12-13,17H2,(H,32,34)(H,29,33,37). The number of anilines is 3. The van der Waals surface area contributed by atoms with Gasteiger partial charge < -0.3 is 16.0 Å². The third-order valence-corrected chi connectivity index (χ3v) is 6.85. The SMILES string of the molecule is O=C(Nc1ccncc1F)c1cnc2c(NC3CC3)cc(NC3CCN(Cc4ccccc4)CC3)nn12. The maximum Gasteiger partial charge on any atom is 0.276 e. The molecule has 2 fully saturated rings. The van der Waals surface area contributed by atoms with E-state index in [0.29, 0.717) is 17.5 Å². The van der Waals surface area contributed by atoms with Crippen molar-refractivity contribution in [3.05, 3.63) is 78.1 Å². The number of aromatic nitrogens is 4. The molecule has 4 aromatic rings. The second-order valence-corrected chi connectivity index (χ2v) is 9.73. The Labute approximate surface area is 214 Å². The summed E-state index contributed by atoms with van der Waals surface area (Å²) in [6.45, 7) is 2.95. The summed E-state index contributed by atoms with van der Waals surface area (Å²) in [7, 11) is 0. The van der Waals surface area contributed by atoms with Crippen LogP contribution in [0.15, 0.2) is 61.1 Å². The van der Waals surface area contributed by atoms with Crippen LogP contribution in [0.5, 0.6) is 0 Å². The van der Waals surface area contributed by atoms with E-state index in [1.54, 1.807) is 0 Å². The maximum absolute atomic E-state index is 14.1. The molecule has 1 aliphatic carbocycles. The van der Waals surface area contributed by atoms with E-state index in [1.807, 2.05) is 12.1 Å². The number of piperidine rings is 1. The highest BCUT2D eigenvalue weighted by atomic mass is 19.1. The smallest absolute Gasteiger partial charge is 0.276 e. The Morgan fingerprint density at radius 2 is 1.76 bits per heavy atom. The van der Waals surface area contributed by atoms with Gasteiger partial charge in [0, 0.05) is 44.0 Å². The van der Waals surface area contributed by atoms with Crippen LogP contribution >= 0.6 is 0 Å². The van der Waals surface area contributed by atoms with Crippen LogP contribution in [0.25, 0.3) is 5.65 Å². The van der Waals surface area contributed by atoms with E-state index >= 15 is 0 Å². The Morgan fingerprint density at radius 1 is 0.973 bits per heavy atom. The monoisotopic (exact) mass is 500 g/mol. The largest absolute Gasteiger partial charge is 0.379 e. The molecule has 3 N–H and O–H groups in total. The number of likely N-dealkylation sites (tertiary alicyclic amines) is 1. The van der Waals surface area contributed by atoms with Crippen LogP contribution in [-0.2, 0) is 6.54 Å². The molecule has 0 spiro atoms. The van der Waals surface area contributed by atoms with Crippen molar-refractivity contribution in [1.29, 1.82) is 0 Å². The minimum atomic E-state index is -0.602. The molecule has 1 saturated carbocycles. The number of nitrogens with one attached hydrogen (secondary N) is 3. The van der Waals surface area contributed by atoms with Gasteiger partial charge in [0.2, 0.25) is 0 Å². The summed E-state index contributed by atoms with van der Waals surface area (Å²) in [5, 5.41) is 14.4. The van der Waals surface area contributed by atoms with Crippen LogP contribution in [0.1, 0.15) is 41.7 Å². The number of rotatable bonds is 8. The molecule has 0 radical (unpaired) electrons. The van der Waals surface area contributed by atoms with Crippen molar-refractivity contribution in [2.75, 3.05) is 29.0 Å². The van der Waals surface area contributed by atoms with Crippen molar-refractivity contribution in [2.45, 2.75) is 44.3 Å². The Hall–Kier alpha value is -4.05. The average Bonchev–Trinajstić information content (AvgIpc) is 3.62. The van der Waals surface area contributed by atoms with Crippen LogP contribution in [-0.4, -0.2) is 55.6 Å². The Morgan fingerprint density at radius 3 is 2.51 bits per heavy atom. The molecule has 0 atom stereocenters. The van der Waals surface area contributed by atoms with Crippen molar-refractivity contribution in [3.63, 3.8) is 0 Å². The number of halogens is 1. The molecule has 1 aliphatic heterocycles. The molecule has 10 heteroatoms. The lowest BCUT2D eigenvalue weighted by atomic mass is 10.0. The first kappa shape index (κ1) is 23.4. The molecule has 1 aromatic carbocycles. The number of carbonyl (C=O) groups excluding carboxylic acids is 1. The summed E-state index contributed by atoms with van der Waals surface area (Å²) in [5.74, 6) is -0.414. The number of amides is 1. The van der Waals surface area contributed by atoms with E-state index in [-0.39, 0.29) is 17.4 Å². The first-order chi connectivity index (χ1) is 18.1. The molecule has 4 heterocycles. The van der Waals surface area contributed by atoms with Crippen LogP contribution in [0.4, 0.5) is 21.6 Å². The molecule has 6 rings (SSSR count). The highest BCUT2D eigenvalue weighted by Gasteiger charge is 2.25. The molecule has 0 unspecified atom stereocenters. The van der Waals surface area contributed by atoms with E-state index in [0.717, 1.165) is 57.2 Å². The highest BCUT2D eigenvalue weighted by molar-refractivity contribution is 6.03. The van der Waals surface area contributed by atoms with E-state index in [4.69, 9.17) is 5.10 Å². The summed E-state index contributed by atoms with van der Waals surface area (Å²) >= 11 is 0. The topological polar surface area (TPSA) is 99.5 Å². The fourth-order valence-corrected chi connectivity index (χ4v) is 4.70. The number of pyridine rings is 1. The zero-order chi connectivity index (χ0) is 25.2. The number of nitrogens with zero attached hydrogens (tertiary/aromatic N) is 5. The minimum Gasteiger partial charge on any atom is -0.379 e. The predicted molar refractivity (Wildman–Crippen MR) is 140 cm³/mol. The lowest BCUT2D eigenvalue weighted by Gasteiger charge is -2.32. The van der Waals surface area contributed by atoms with E-state index < -0.39 is 11.7 Å². The molecule has 190 valence electrons. The lowest BCUT2D eigenvalue weighted by molar-refractivity contribution is 0.102. The van der Waals surface area contributed by atoms with Gasteiger partial charge in [-0.1, -0.05) is 30.3 Å². The molecule has 3 aromatic heterocycles. The summed E-state index contributed by atoms with van der Waals surface area (Å²) in [5.41, 5.74) is 3.01. The van der Waals surface area contributed by atoms with Gasteiger partial charge in [-0.2, -0.15) is 0 Å². The first-order valence-corrected chi connectivity index (χ1v) is 12.7. The minimum absolute atomic E-state index is 0.0582. The summed E-state index contributed by atoms with van der Waals surface area (Å²) in [4.78, 5) is 23.7. The second kappa shape index (κ2) is 10.1. The van der Waals surface area contributed by atoms with Gasteiger partial charge in [0.1, 0.15) is 5.82 Å². The number of hydrogen-bond donors (Lipinski definition) is 3. The maximum atomic E-state index is 14.1. The normalized spacial score (nSPS) is 16.6. The van der Waals surface area contributed by atoms with Gasteiger partial charge in [0.15, 0.2) is 17.2 Å². The van der Waals surface area contributed by atoms with Crippen LogP contribution in [0.3, 0.4) is 0 Å². The van der Waals surface area contributed by atoms with E-state index in [2.05, 4.69) is 55.1 Å². The Balaban J connectivity index is 1.19. The molecule has 37 heavy (non-hydrogen) atoms. The molecule has 1 saturated heterocycles. The summed E-state index contributed by atoms with van der Waals surface area (Å²) < 4.78 is 15.6. The predicted octanol–water partition coefficient (Wildman–Crippen LogP) is 4.17.